The molecule has 1 aliphatic rings. The lowest BCUT2D eigenvalue weighted by molar-refractivity contribution is 0.174. The van der Waals surface area contributed by atoms with Crippen LogP contribution in [0, 0.1) is 0 Å². The van der Waals surface area contributed by atoms with Crippen LogP contribution in [-0.2, 0) is 30.7 Å². The highest BCUT2D eigenvalue weighted by atomic mass is 32.2. The van der Waals surface area contributed by atoms with Crippen molar-refractivity contribution in [1.82, 2.24) is 13.9 Å². The van der Waals surface area contributed by atoms with Crippen molar-refractivity contribution >= 4 is 10.0 Å². The van der Waals surface area contributed by atoms with Gasteiger partial charge in [0.25, 0.3) is 5.56 Å². The number of fused-ring (bicyclic) bond motifs is 1. The van der Waals surface area contributed by atoms with Gasteiger partial charge in [-0.15, -0.1) is 0 Å². The fourth-order valence-corrected chi connectivity index (χ4v) is 3.44. The number of nitrogens with zero attached hydrogens (tertiary/aromatic N) is 2. The van der Waals surface area contributed by atoms with Crippen molar-refractivity contribution in [2.45, 2.75) is 11.4 Å². The number of aryl methyl sites for hydroxylation is 1. The first kappa shape index (κ1) is 16.3. The maximum Gasteiger partial charge on any atom is 0.330 e. The smallest absolute Gasteiger partial charge is 0.330 e. The second-order valence-corrected chi connectivity index (χ2v) is 7.00. The van der Waals surface area contributed by atoms with Gasteiger partial charge in [-0.25, -0.2) is 17.9 Å². The lowest BCUT2D eigenvalue weighted by Crippen LogP contribution is -2.41. The van der Waals surface area contributed by atoms with Crippen molar-refractivity contribution < 1.29 is 17.9 Å². The second kappa shape index (κ2) is 5.80. The molecular formula is C14H15N3O6S. The van der Waals surface area contributed by atoms with Gasteiger partial charge in [0.05, 0.1) is 0 Å². The molecule has 1 N–H and O–H groups in total. The monoisotopic (exact) mass is 353 g/mol. The molecule has 0 aliphatic carbocycles. The largest absolute Gasteiger partial charge is 0.454 e. The predicted octanol–water partition coefficient (Wildman–Crippen LogP) is -0.709. The number of nitrogens with one attached hydrogen (secondary N) is 1. The average molecular weight is 353 g/mol. The molecule has 0 unspecified atom stereocenters. The van der Waals surface area contributed by atoms with E-state index in [0.717, 1.165) is 15.3 Å². The van der Waals surface area contributed by atoms with E-state index in [9.17, 15) is 18.0 Å². The van der Waals surface area contributed by atoms with Gasteiger partial charge in [0.15, 0.2) is 16.4 Å². The highest BCUT2D eigenvalue weighted by Crippen LogP contribution is 2.32. The summed E-state index contributed by atoms with van der Waals surface area (Å²) in [5.74, 6) is 1.12. The molecule has 24 heavy (non-hydrogen) atoms. The minimum Gasteiger partial charge on any atom is -0.454 e. The van der Waals surface area contributed by atoms with Crippen molar-refractivity contribution in [2.75, 3.05) is 6.79 Å². The van der Waals surface area contributed by atoms with Crippen LogP contribution in [0.2, 0.25) is 0 Å². The van der Waals surface area contributed by atoms with Crippen LogP contribution >= 0.6 is 0 Å². The summed E-state index contributed by atoms with van der Waals surface area (Å²) in [7, 11) is -1.48. The first-order valence-electron chi connectivity index (χ1n) is 6.94. The van der Waals surface area contributed by atoms with Crippen LogP contribution in [0.5, 0.6) is 11.5 Å². The van der Waals surface area contributed by atoms with Crippen LogP contribution in [0.1, 0.15) is 5.56 Å². The maximum atomic E-state index is 12.4. The van der Waals surface area contributed by atoms with E-state index < -0.39 is 26.2 Å². The molecule has 0 saturated heterocycles. The van der Waals surface area contributed by atoms with E-state index in [1.807, 2.05) is 0 Å². The third-order valence-corrected chi connectivity index (χ3v) is 4.99. The van der Waals surface area contributed by atoms with Crippen molar-refractivity contribution in [3.63, 3.8) is 0 Å². The summed E-state index contributed by atoms with van der Waals surface area (Å²) in [5.41, 5.74) is -0.838. The van der Waals surface area contributed by atoms with E-state index >= 15 is 0 Å². The molecule has 0 radical (unpaired) electrons. The zero-order chi connectivity index (χ0) is 17.5. The Balaban J connectivity index is 1.87. The summed E-state index contributed by atoms with van der Waals surface area (Å²) in [6.07, 6.45) is 1.01. The van der Waals surface area contributed by atoms with Crippen LogP contribution in [0.3, 0.4) is 0 Å². The summed E-state index contributed by atoms with van der Waals surface area (Å²) >= 11 is 0. The zero-order valence-corrected chi connectivity index (χ0v) is 13.8. The molecule has 0 atom stereocenters. The van der Waals surface area contributed by atoms with Gasteiger partial charge in [-0.1, -0.05) is 6.07 Å². The molecule has 128 valence electrons. The number of benzene rings is 1. The molecule has 2 heterocycles. The molecule has 10 heteroatoms. The minimum absolute atomic E-state index is 0.0367. The molecule has 0 fully saturated rings. The average Bonchev–Trinajstić information content (AvgIpc) is 3.02. The highest BCUT2D eigenvalue weighted by Gasteiger charge is 2.21. The summed E-state index contributed by atoms with van der Waals surface area (Å²) in [4.78, 5) is 23.2. The van der Waals surface area contributed by atoms with Gasteiger partial charge in [0, 0.05) is 26.8 Å². The molecule has 9 nitrogen and oxygen atoms in total. The predicted molar refractivity (Wildman–Crippen MR) is 83.5 cm³/mol. The third-order valence-electron chi connectivity index (χ3n) is 3.61. The number of ether oxygens (including phenoxy) is 2. The number of hydrogen-bond donors (Lipinski definition) is 1. The second-order valence-electron chi connectivity index (χ2n) is 5.26. The van der Waals surface area contributed by atoms with E-state index in [0.29, 0.717) is 17.1 Å². The Morgan fingerprint density at radius 2 is 1.88 bits per heavy atom. The molecule has 1 aliphatic heterocycles. The van der Waals surface area contributed by atoms with Gasteiger partial charge in [-0.2, -0.15) is 0 Å². The van der Waals surface area contributed by atoms with E-state index in [1.165, 1.54) is 14.1 Å². The normalized spacial score (nSPS) is 13.2. The van der Waals surface area contributed by atoms with Crippen LogP contribution in [0.4, 0.5) is 0 Å². The zero-order valence-electron chi connectivity index (χ0n) is 13.0. The van der Waals surface area contributed by atoms with Gasteiger partial charge in [0.2, 0.25) is 16.8 Å². The Hall–Kier alpha value is -2.59. The topological polar surface area (TPSA) is 109 Å². The Bertz CT molecular complexity index is 1020. The van der Waals surface area contributed by atoms with E-state index in [2.05, 4.69) is 4.72 Å². The van der Waals surface area contributed by atoms with Crippen LogP contribution < -0.4 is 25.4 Å². The van der Waals surface area contributed by atoms with Gasteiger partial charge >= 0.3 is 5.69 Å². The Morgan fingerprint density at radius 1 is 1.17 bits per heavy atom. The molecule has 0 saturated carbocycles. The maximum absolute atomic E-state index is 12.4. The molecule has 1 aromatic carbocycles. The Labute approximate surface area is 137 Å². The van der Waals surface area contributed by atoms with Crippen LogP contribution in [0.15, 0.2) is 38.9 Å². The Morgan fingerprint density at radius 3 is 2.62 bits per heavy atom. The summed E-state index contributed by atoms with van der Waals surface area (Å²) < 4.78 is 39.3. The first-order chi connectivity index (χ1) is 11.3. The number of sulfonamides is 1. The lowest BCUT2D eigenvalue weighted by atomic mass is 10.2. The minimum atomic E-state index is -4.08. The van der Waals surface area contributed by atoms with Gasteiger partial charge in [-0.05, 0) is 17.7 Å². The third kappa shape index (κ3) is 2.81. The van der Waals surface area contributed by atoms with E-state index in [-0.39, 0.29) is 13.3 Å². The number of aromatic nitrogens is 2. The summed E-state index contributed by atoms with van der Waals surface area (Å²) in [6.45, 7) is 0.0869. The molecule has 3 rings (SSSR count). The number of hydrogen-bond acceptors (Lipinski definition) is 6. The SMILES string of the molecule is Cn1cc(S(=O)(=O)NCc2ccc3c(c2)OCO3)c(=O)n(C)c1=O. The first-order valence-corrected chi connectivity index (χ1v) is 8.43. The summed E-state index contributed by atoms with van der Waals surface area (Å²) in [6, 6.07) is 5.02. The molecule has 0 bridgehead atoms. The fraction of sp³-hybridized carbons (Fsp3) is 0.286. The van der Waals surface area contributed by atoms with Crippen molar-refractivity contribution in [3.05, 3.63) is 50.8 Å². The molecule has 1 aromatic heterocycles. The lowest BCUT2D eigenvalue weighted by Gasteiger charge is -2.09. The van der Waals surface area contributed by atoms with Gasteiger partial charge < -0.3 is 14.0 Å². The fourth-order valence-electron chi connectivity index (χ4n) is 2.27. The quantitative estimate of drug-likeness (QED) is 0.778. The standard InChI is InChI=1S/C14H15N3O6S/c1-16-7-12(13(18)17(2)14(16)19)24(20,21)15-6-9-3-4-10-11(5-9)23-8-22-10/h3-5,7,15H,6,8H2,1-2H3. The highest BCUT2D eigenvalue weighted by molar-refractivity contribution is 7.89. The van der Waals surface area contributed by atoms with Gasteiger partial charge in [0.1, 0.15) is 0 Å². The Kier molecular flexibility index (Phi) is 3.93. The van der Waals surface area contributed by atoms with Crippen molar-refractivity contribution in [3.8, 4) is 11.5 Å². The number of rotatable bonds is 4. The van der Waals surface area contributed by atoms with Gasteiger partial charge in [-0.3, -0.25) is 9.36 Å². The van der Waals surface area contributed by atoms with Crippen molar-refractivity contribution in [1.29, 1.82) is 0 Å². The molecular weight excluding hydrogens is 338 g/mol. The van der Waals surface area contributed by atoms with Crippen molar-refractivity contribution in [2.24, 2.45) is 14.1 Å². The van der Waals surface area contributed by atoms with E-state index in [4.69, 9.17) is 9.47 Å². The summed E-state index contributed by atoms with van der Waals surface area (Å²) in [5, 5.41) is 0. The molecule has 0 spiro atoms. The molecule has 0 amide bonds. The van der Waals surface area contributed by atoms with Crippen LogP contribution in [0.25, 0.3) is 0 Å². The molecule has 2 aromatic rings. The van der Waals surface area contributed by atoms with Crippen LogP contribution in [-0.4, -0.2) is 24.3 Å². The van der Waals surface area contributed by atoms with E-state index in [1.54, 1.807) is 18.2 Å².